The largest absolute Gasteiger partial charge is 0.497 e. The number of carboxylic acid groups (broad SMARTS) is 1. The zero-order chi connectivity index (χ0) is 14.8. The molecular weight excluding hydrogens is 270 g/mol. The standard InChI is InChI=1S/C15H19N3O3/c1-21-13-5-7-17-10-11(16-14(17)9-13)8-12-4-2-3-6-18(12)15(19)20/h5,7,9-10,12H,2-4,6,8H2,1H3,(H,19,20)/t12-/m0/s1. The quantitative estimate of drug-likeness (QED) is 0.942. The van der Waals surface area contributed by atoms with E-state index in [0.717, 1.165) is 36.4 Å². The molecule has 112 valence electrons. The molecule has 0 bridgehead atoms. The van der Waals surface area contributed by atoms with Crippen molar-refractivity contribution >= 4 is 11.7 Å². The van der Waals surface area contributed by atoms with Crippen molar-refractivity contribution in [2.75, 3.05) is 13.7 Å². The molecule has 1 amide bonds. The second-order valence-electron chi connectivity index (χ2n) is 5.39. The van der Waals surface area contributed by atoms with Crippen LogP contribution in [0.4, 0.5) is 4.79 Å². The summed E-state index contributed by atoms with van der Waals surface area (Å²) in [5.41, 5.74) is 1.74. The van der Waals surface area contributed by atoms with Crippen molar-refractivity contribution < 1.29 is 14.6 Å². The van der Waals surface area contributed by atoms with Gasteiger partial charge in [0.25, 0.3) is 0 Å². The number of fused-ring (bicyclic) bond motifs is 1. The molecule has 2 aromatic rings. The first-order chi connectivity index (χ1) is 10.2. The lowest BCUT2D eigenvalue weighted by Crippen LogP contribution is -2.44. The Morgan fingerprint density at radius 3 is 3.14 bits per heavy atom. The van der Waals surface area contributed by atoms with Crippen LogP contribution in [0.3, 0.4) is 0 Å². The lowest BCUT2D eigenvalue weighted by Gasteiger charge is -2.33. The van der Waals surface area contributed by atoms with Crippen LogP contribution in [0.1, 0.15) is 25.0 Å². The number of imidazole rings is 1. The molecule has 21 heavy (non-hydrogen) atoms. The highest BCUT2D eigenvalue weighted by Gasteiger charge is 2.27. The fourth-order valence-electron chi connectivity index (χ4n) is 2.95. The summed E-state index contributed by atoms with van der Waals surface area (Å²) in [6.07, 6.45) is 6.63. The molecule has 0 unspecified atom stereocenters. The lowest BCUT2D eigenvalue weighted by molar-refractivity contribution is 0.106. The van der Waals surface area contributed by atoms with Gasteiger partial charge in [0.2, 0.25) is 0 Å². The molecule has 3 heterocycles. The minimum Gasteiger partial charge on any atom is -0.497 e. The van der Waals surface area contributed by atoms with Crippen LogP contribution in [0.5, 0.6) is 5.75 Å². The number of hydrogen-bond acceptors (Lipinski definition) is 3. The molecule has 1 aliphatic heterocycles. The Bertz CT molecular complexity index is 653. The third-order valence-electron chi connectivity index (χ3n) is 4.03. The summed E-state index contributed by atoms with van der Waals surface area (Å²) in [4.78, 5) is 17.4. The maximum absolute atomic E-state index is 11.3. The Balaban J connectivity index is 1.81. The Kier molecular flexibility index (Phi) is 3.68. The summed E-state index contributed by atoms with van der Waals surface area (Å²) in [6.45, 7) is 0.626. The number of amides is 1. The summed E-state index contributed by atoms with van der Waals surface area (Å²) in [5.74, 6) is 0.768. The van der Waals surface area contributed by atoms with Gasteiger partial charge in [-0.3, -0.25) is 0 Å². The minimum atomic E-state index is -0.829. The highest BCUT2D eigenvalue weighted by Crippen LogP contribution is 2.21. The van der Waals surface area contributed by atoms with Gasteiger partial charge in [0, 0.05) is 37.5 Å². The third-order valence-corrected chi connectivity index (χ3v) is 4.03. The predicted molar refractivity (Wildman–Crippen MR) is 77.8 cm³/mol. The van der Waals surface area contributed by atoms with Crippen molar-refractivity contribution in [3.8, 4) is 5.75 Å². The topological polar surface area (TPSA) is 67.1 Å². The van der Waals surface area contributed by atoms with Crippen LogP contribution in [0.2, 0.25) is 0 Å². The molecule has 3 rings (SSSR count). The number of ether oxygens (including phenoxy) is 1. The first kappa shape index (κ1) is 13.7. The molecule has 1 saturated heterocycles. The van der Waals surface area contributed by atoms with Gasteiger partial charge in [-0.2, -0.15) is 0 Å². The number of pyridine rings is 1. The average Bonchev–Trinajstić information content (AvgIpc) is 2.88. The van der Waals surface area contributed by atoms with Crippen molar-refractivity contribution in [2.45, 2.75) is 31.7 Å². The number of piperidine rings is 1. The first-order valence-electron chi connectivity index (χ1n) is 7.18. The van der Waals surface area contributed by atoms with E-state index in [-0.39, 0.29) is 6.04 Å². The molecule has 0 saturated carbocycles. The zero-order valence-corrected chi connectivity index (χ0v) is 12.0. The Hall–Kier alpha value is -2.24. The minimum absolute atomic E-state index is 0.0306. The molecule has 6 nitrogen and oxygen atoms in total. The van der Waals surface area contributed by atoms with E-state index in [0.29, 0.717) is 13.0 Å². The van der Waals surface area contributed by atoms with Gasteiger partial charge in [-0.05, 0) is 25.3 Å². The van der Waals surface area contributed by atoms with Crippen LogP contribution in [0.15, 0.2) is 24.5 Å². The summed E-state index contributed by atoms with van der Waals surface area (Å²) in [7, 11) is 1.63. The Morgan fingerprint density at radius 2 is 2.38 bits per heavy atom. The van der Waals surface area contributed by atoms with E-state index in [1.54, 1.807) is 12.0 Å². The third kappa shape index (κ3) is 2.79. The number of nitrogens with zero attached hydrogens (tertiary/aromatic N) is 3. The molecule has 0 aromatic carbocycles. The van der Waals surface area contributed by atoms with Crippen LogP contribution < -0.4 is 4.74 Å². The van der Waals surface area contributed by atoms with Crippen LogP contribution >= 0.6 is 0 Å². The fourth-order valence-corrected chi connectivity index (χ4v) is 2.95. The summed E-state index contributed by atoms with van der Waals surface area (Å²) in [5, 5.41) is 9.28. The second-order valence-corrected chi connectivity index (χ2v) is 5.39. The molecule has 0 spiro atoms. The normalized spacial score (nSPS) is 18.9. The fraction of sp³-hybridized carbons (Fsp3) is 0.467. The predicted octanol–water partition coefficient (Wildman–Crippen LogP) is 2.42. The van der Waals surface area contributed by atoms with Gasteiger partial charge in [0.15, 0.2) is 0 Å². The molecular formula is C15H19N3O3. The molecule has 2 aromatic heterocycles. The van der Waals surface area contributed by atoms with Gasteiger partial charge >= 0.3 is 6.09 Å². The van der Waals surface area contributed by atoms with Gasteiger partial charge in [0.1, 0.15) is 11.4 Å². The van der Waals surface area contributed by atoms with Gasteiger partial charge in [0.05, 0.1) is 12.8 Å². The molecule has 0 radical (unpaired) electrons. The van der Waals surface area contributed by atoms with E-state index in [1.807, 2.05) is 28.9 Å². The number of hydrogen-bond donors (Lipinski definition) is 1. The van der Waals surface area contributed by atoms with Gasteiger partial charge in [-0.1, -0.05) is 0 Å². The molecule has 1 N–H and O–H groups in total. The highest BCUT2D eigenvalue weighted by molar-refractivity contribution is 5.65. The van der Waals surface area contributed by atoms with Crippen molar-refractivity contribution in [1.29, 1.82) is 0 Å². The Morgan fingerprint density at radius 1 is 1.52 bits per heavy atom. The zero-order valence-electron chi connectivity index (χ0n) is 12.0. The van der Waals surface area contributed by atoms with Crippen LogP contribution in [0.25, 0.3) is 5.65 Å². The molecule has 6 heteroatoms. The number of aromatic nitrogens is 2. The van der Waals surface area contributed by atoms with Crippen LogP contribution in [0, 0.1) is 0 Å². The second kappa shape index (κ2) is 5.63. The summed E-state index contributed by atoms with van der Waals surface area (Å²) >= 11 is 0. The van der Waals surface area contributed by atoms with Crippen LogP contribution in [-0.2, 0) is 6.42 Å². The van der Waals surface area contributed by atoms with Crippen molar-refractivity contribution in [3.05, 3.63) is 30.2 Å². The maximum atomic E-state index is 11.3. The number of methoxy groups -OCH3 is 1. The molecule has 0 aliphatic carbocycles. The smallest absolute Gasteiger partial charge is 0.407 e. The summed E-state index contributed by atoms with van der Waals surface area (Å²) in [6, 6.07) is 3.78. The number of rotatable bonds is 3. The monoisotopic (exact) mass is 289 g/mol. The SMILES string of the molecule is COc1ccn2cc(C[C@@H]3CCCCN3C(=O)O)nc2c1. The van der Waals surface area contributed by atoms with Gasteiger partial charge in [-0.25, -0.2) is 9.78 Å². The number of carbonyl (C=O) groups is 1. The Labute approximate surface area is 123 Å². The van der Waals surface area contributed by atoms with E-state index in [1.165, 1.54) is 0 Å². The first-order valence-corrected chi connectivity index (χ1v) is 7.18. The molecule has 1 aliphatic rings. The van der Waals surface area contributed by atoms with E-state index in [9.17, 15) is 9.90 Å². The van der Waals surface area contributed by atoms with E-state index < -0.39 is 6.09 Å². The van der Waals surface area contributed by atoms with Crippen LogP contribution in [-0.4, -0.2) is 45.2 Å². The van der Waals surface area contributed by atoms with Crippen molar-refractivity contribution in [1.82, 2.24) is 14.3 Å². The maximum Gasteiger partial charge on any atom is 0.407 e. The number of likely N-dealkylation sites (tertiary alicyclic amines) is 1. The van der Waals surface area contributed by atoms with Crippen molar-refractivity contribution in [2.24, 2.45) is 0 Å². The van der Waals surface area contributed by atoms with Gasteiger partial charge in [-0.15, -0.1) is 0 Å². The van der Waals surface area contributed by atoms with Gasteiger partial charge < -0.3 is 19.1 Å². The average molecular weight is 289 g/mol. The van der Waals surface area contributed by atoms with Crippen molar-refractivity contribution in [3.63, 3.8) is 0 Å². The lowest BCUT2D eigenvalue weighted by atomic mass is 9.99. The molecule has 1 fully saturated rings. The molecule has 1 atom stereocenters. The summed E-state index contributed by atoms with van der Waals surface area (Å²) < 4.78 is 7.13. The van der Waals surface area contributed by atoms with E-state index in [4.69, 9.17) is 4.74 Å². The highest BCUT2D eigenvalue weighted by atomic mass is 16.5. The van der Waals surface area contributed by atoms with E-state index in [2.05, 4.69) is 4.98 Å². The van der Waals surface area contributed by atoms with E-state index >= 15 is 0 Å².